The fraction of sp³-hybridized carbons (Fsp3) is 0.125. The number of amides is 1. The number of carbonyl (C=O) groups excluding carboxylic acids is 1. The first-order valence-electron chi connectivity index (χ1n) is 7.65. The van der Waals surface area contributed by atoms with E-state index in [-0.39, 0.29) is 17.3 Å². The van der Waals surface area contributed by atoms with E-state index in [2.05, 4.69) is 30.8 Å². The summed E-state index contributed by atoms with van der Waals surface area (Å²) in [5.41, 5.74) is 3.37. The molecule has 0 saturated carbocycles. The van der Waals surface area contributed by atoms with Gasteiger partial charge in [0, 0.05) is 5.56 Å². The van der Waals surface area contributed by atoms with E-state index in [9.17, 15) is 9.59 Å². The predicted octanol–water partition coefficient (Wildman–Crippen LogP) is 2.04. The molecule has 3 aromatic rings. The topological polar surface area (TPSA) is 118 Å². The number of hydrogen-bond donors (Lipinski definition) is 2. The van der Waals surface area contributed by atoms with Crippen molar-refractivity contribution in [3.63, 3.8) is 0 Å². The number of rotatable bonds is 4. The Labute approximate surface area is 163 Å². The van der Waals surface area contributed by atoms with E-state index in [0.29, 0.717) is 21.3 Å². The molecule has 9 nitrogen and oxygen atoms in total. The largest absolute Gasteiger partial charge is 0.290 e. The van der Waals surface area contributed by atoms with E-state index >= 15 is 0 Å². The summed E-state index contributed by atoms with van der Waals surface area (Å²) in [7, 11) is 0. The van der Waals surface area contributed by atoms with Crippen LogP contribution >= 0.6 is 23.2 Å². The number of nitrogens with zero attached hydrogens (tertiary/aromatic N) is 5. The number of aromatic amines is 1. The second-order valence-corrected chi connectivity index (χ2v) is 6.27. The molecule has 3 rings (SSSR count). The van der Waals surface area contributed by atoms with Crippen molar-refractivity contribution in [3.05, 3.63) is 67.3 Å². The highest BCUT2D eigenvalue weighted by molar-refractivity contribution is 6.43. The first-order chi connectivity index (χ1) is 12.9. The average molecular weight is 406 g/mol. The Bertz CT molecular complexity index is 1100. The Morgan fingerprint density at radius 2 is 2.07 bits per heavy atom. The molecule has 2 aromatic heterocycles. The summed E-state index contributed by atoms with van der Waals surface area (Å²) in [5, 5.41) is 16.3. The highest BCUT2D eigenvalue weighted by Crippen LogP contribution is 2.24. The molecule has 0 spiro atoms. The summed E-state index contributed by atoms with van der Waals surface area (Å²) in [5.74, 6) is -0.543. The third-order valence-corrected chi connectivity index (χ3v) is 4.30. The number of aromatic nitrogens is 5. The van der Waals surface area contributed by atoms with Crippen molar-refractivity contribution in [1.29, 1.82) is 0 Å². The summed E-state index contributed by atoms with van der Waals surface area (Å²) in [6.07, 6.45) is 1.37. The van der Waals surface area contributed by atoms with Gasteiger partial charge in [0.15, 0.2) is 0 Å². The van der Waals surface area contributed by atoms with Crippen molar-refractivity contribution < 1.29 is 4.79 Å². The number of nitrogens with one attached hydrogen (secondary N) is 2. The van der Waals surface area contributed by atoms with Crippen LogP contribution in [-0.4, -0.2) is 37.1 Å². The van der Waals surface area contributed by atoms with E-state index in [1.807, 2.05) is 0 Å². The molecule has 0 aliphatic heterocycles. The maximum atomic E-state index is 12.5. The molecule has 138 valence electrons. The van der Waals surface area contributed by atoms with Crippen molar-refractivity contribution in [2.45, 2.75) is 13.8 Å². The van der Waals surface area contributed by atoms with Crippen LogP contribution in [0, 0.1) is 13.8 Å². The Kier molecular flexibility index (Phi) is 5.33. The highest BCUT2D eigenvalue weighted by atomic mass is 35.5. The summed E-state index contributed by atoms with van der Waals surface area (Å²) >= 11 is 12.0. The van der Waals surface area contributed by atoms with Gasteiger partial charge >= 0.3 is 0 Å². The number of hydrogen-bond acceptors (Lipinski definition) is 6. The van der Waals surface area contributed by atoms with Crippen molar-refractivity contribution in [2.75, 3.05) is 0 Å². The summed E-state index contributed by atoms with van der Waals surface area (Å²) in [6, 6.07) is 6.58. The van der Waals surface area contributed by atoms with E-state index in [4.69, 9.17) is 23.2 Å². The van der Waals surface area contributed by atoms with Crippen molar-refractivity contribution in [2.24, 2.45) is 5.10 Å². The van der Waals surface area contributed by atoms with Gasteiger partial charge in [-0.25, -0.2) is 5.43 Å². The first-order valence-corrected chi connectivity index (χ1v) is 8.40. The third kappa shape index (κ3) is 4.04. The zero-order valence-electron chi connectivity index (χ0n) is 14.2. The van der Waals surface area contributed by atoms with Crippen LogP contribution in [0.1, 0.15) is 27.4 Å². The molecule has 0 atom stereocenters. The molecule has 0 aliphatic rings. The second-order valence-electron chi connectivity index (χ2n) is 5.49. The zero-order valence-corrected chi connectivity index (χ0v) is 15.7. The lowest BCUT2D eigenvalue weighted by Crippen LogP contribution is -2.24. The Balaban J connectivity index is 1.85. The standard InChI is InChI=1S/C16H13Cl2N7O2/c1-8-6-12(25(24-8)16-20-14(26)9(2)21-23-16)15(27)22-19-7-10-4-3-5-11(17)13(10)18/h3-7H,1-2H3,(H,22,27)(H,20,23,26)/b19-7-. The lowest BCUT2D eigenvalue weighted by molar-refractivity contribution is 0.0947. The van der Waals surface area contributed by atoms with E-state index in [0.717, 1.165) is 0 Å². The van der Waals surface area contributed by atoms with Gasteiger partial charge in [0.25, 0.3) is 17.4 Å². The number of halogens is 2. The maximum Gasteiger partial charge on any atom is 0.290 e. The van der Waals surface area contributed by atoms with Crippen LogP contribution in [0.25, 0.3) is 5.95 Å². The third-order valence-electron chi connectivity index (χ3n) is 3.46. The van der Waals surface area contributed by atoms with Crippen LogP contribution in [0.15, 0.2) is 34.2 Å². The normalized spacial score (nSPS) is 11.1. The number of H-pyrrole nitrogens is 1. The Morgan fingerprint density at radius 1 is 1.30 bits per heavy atom. The van der Waals surface area contributed by atoms with Gasteiger partial charge in [0.2, 0.25) is 0 Å². The van der Waals surface area contributed by atoms with Gasteiger partial charge in [-0.15, -0.1) is 10.2 Å². The molecule has 2 heterocycles. The lowest BCUT2D eigenvalue weighted by Gasteiger charge is -2.04. The lowest BCUT2D eigenvalue weighted by atomic mass is 10.2. The monoisotopic (exact) mass is 405 g/mol. The summed E-state index contributed by atoms with van der Waals surface area (Å²) < 4.78 is 1.18. The van der Waals surface area contributed by atoms with Crippen LogP contribution in [0.5, 0.6) is 0 Å². The van der Waals surface area contributed by atoms with Crippen molar-refractivity contribution in [3.8, 4) is 5.95 Å². The molecule has 1 aromatic carbocycles. The Hall–Kier alpha value is -3.04. The van der Waals surface area contributed by atoms with E-state index < -0.39 is 11.5 Å². The fourth-order valence-corrected chi connectivity index (χ4v) is 2.50. The maximum absolute atomic E-state index is 12.5. The fourth-order valence-electron chi connectivity index (χ4n) is 2.14. The molecule has 0 aliphatic carbocycles. The van der Waals surface area contributed by atoms with Gasteiger partial charge < -0.3 is 0 Å². The SMILES string of the molecule is Cc1cc(C(=O)N/N=C\c2cccc(Cl)c2Cl)n(-c2nnc(C)c(=O)[nH]2)n1. The second kappa shape index (κ2) is 7.68. The molecule has 0 saturated heterocycles. The highest BCUT2D eigenvalue weighted by Gasteiger charge is 2.17. The zero-order chi connectivity index (χ0) is 19.6. The van der Waals surface area contributed by atoms with Crippen molar-refractivity contribution >= 4 is 35.3 Å². The molecule has 27 heavy (non-hydrogen) atoms. The predicted molar refractivity (Wildman–Crippen MR) is 101 cm³/mol. The minimum Gasteiger partial charge on any atom is -0.288 e. The molecule has 1 amide bonds. The van der Waals surface area contributed by atoms with Gasteiger partial charge in [-0.2, -0.15) is 14.9 Å². The number of aryl methyl sites for hydroxylation is 2. The van der Waals surface area contributed by atoms with E-state index in [1.54, 1.807) is 25.1 Å². The molecule has 0 fully saturated rings. The van der Waals surface area contributed by atoms with Crippen LogP contribution < -0.4 is 11.0 Å². The number of hydrazone groups is 1. The molecular formula is C16H13Cl2N7O2. The van der Waals surface area contributed by atoms with Crippen LogP contribution in [-0.2, 0) is 0 Å². The van der Waals surface area contributed by atoms with Gasteiger partial charge in [0.05, 0.1) is 22.0 Å². The smallest absolute Gasteiger partial charge is 0.288 e. The van der Waals surface area contributed by atoms with Crippen LogP contribution in [0.3, 0.4) is 0 Å². The molecule has 0 bridgehead atoms. The summed E-state index contributed by atoms with van der Waals surface area (Å²) in [6.45, 7) is 3.22. The molecule has 0 unspecified atom stereocenters. The van der Waals surface area contributed by atoms with Gasteiger partial charge in [-0.3, -0.25) is 14.6 Å². The summed E-state index contributed by atoms with van der Waals surface area (Å²) in [4.78, 5) is 26.7. The molecule has 2 N–H and O–H groups in total. The molecule has 11 heteroatoms. The average Bonchev–Trinajstić information content (AvgIpc) is 3.03. The number of benzene rings is 1. The van der Waals surface area contributed by atoms with Crippen molar-refractivity contribution in [1.82, 2.24) is 30.4 Å². The molecule has 0 radical (unpaired) electrons. The van der Waals surface area contributed by atoms with Gasteiger partial charge in [-0.1, -0.05) is 35.3 Å². The quantitative estimate of drug-likeness (QED) is 0.508. The van der Waals surface area contributed by atoms with Crippen LogP contribution in [0.4, 0.5) is 0 Å². The van der Waals surface area contributed by atoms with E-state index in [1.165, 1.54) is 23.9 Å². The number of carbonyl (C=O) groups is 1. The molecular weight excluding hydrogens is 393 g/mol. The Morgan fingerprint density at radius 3 is 2.81 bits per heavy atom. The minimum absolute atomic E-state index is 0.0192. The van der Waals surface area contributed by atoms with Crippen LogP contribution in [0.2, 0.25) is 10.0 Å². The van der Waals surface area contributed by atoms with Gasteiger partial charge in [0.1, 0.15) is 11.4 Å². The first kappa shape index (κ1) is 18.7. The van der Waals surface area contributed by atoms with Gasteiger partial charge in [-0.05, 0) is 26.0 Å². The minimum atomic E-state index is -0.562.